The van der Waals surface area contributed by atoms with Crippen molar-refractivity contribution >= 4 is 11.9 Å². The molecule has 138 valence electrons. The van der Waals surface area contributed by atoms with Crippen molar-refractivity contribution in [3.63, 3.8) is 0 Å². The molecule has 6 heteroatoms. The van der Waals surface area contributed by atoms with Crippen LogP contribution in [-0.2, 0) is 15.1 Å². The normalized spacial score (nSPS) is 22.7. The van der Waals surface area contributed by atoms with Gasteiger partial charge < -0.3 is 14.6 Å². The molecule has 1 saturated carbocycles. The van der Waals surface area contributed by atoms with E-state index in [1.54, 1.807) is 0 Å². The molecule has 1 amide bonds. The zero-order valence-corrected chi connectivity index (χ0v) is 15.5. The third-order valence-electron chi connectivity index (χ3n) is 5.59. The lowest BCUT2D eigenvalue weighted by molar-refractivity contribution is -0.139. The number of amides is 1. The maximum atomic E-state index is 12.7. The Bertz CT molecular complexity index is 655. The molecule has 2 aliphatic rings. The summed E-state index contributed by atoms with van der Waals surface area (Å²) in [5.41, 5.74) is 0.887. The second-order valence-electron chi connectivity index (χ2n) is 8.79. The van der Waals surface area contributed by atoms with Crippen molar-refractivity contribution in [3.8, 4) is 0 Å². The summed E-state index contributed by atoms with van der Waals surface area (Å²) in [6, 6.07) is 0. The van der Waals surface area contributed by atoms with Crippen molar-refractivity contribution in [2.75, 3.05) is 13.1 Å². The summed E-state index contributed by atoms with van der Waals surface area (Å²) in [6.07, 6.45) is 8.07. The van der Waals surface area contributed by atoms with Gasteiger partial charge in [0.15, 0.2) is 0 Å². The van der Waals surface area contributed by atoms with Gasteiger partial charge in [0.05, 0.1) is 12.7 Å². The van der Waals surface area contributed by atoms with E-state index in [0.29, 0.717) is 18.9 Å². The highest BCUT2D eigenvalue weighted by Gasteiger charge is 2.47. The Morgan fingerprint density at radius 1 is 1.32 bits per heavy atom. The summed E-state index contributed by atoms with van der Waals surface area (Å²) in [5, 5.41) is 9.05. The van der Waals surface area contributed by atoms with Crippen LogP contribution in [-0.4, -0.2) is 44.5 Å². The molecule has 1 atom stereocenters. The smallest absolute Gasteiger partial charge is 0.303 e. The summed E-state index contributed by atoms with van der Waals surface area (Å²) in [7, 11) is 0. The van der Waals surface area contributed by atoms with Gasteiger partial charge in [0.2, 0.25) is 5.91 Å². The minimum atomic E-state index is -0.795. The summed E-state index contributed by atoms with van der Waals surface area (Å²) >= 11 is 0. The van der Waals surface area contributed by atoms with Crippen LogP contribution in [0.2, 0.25) is 0 Å². The van der Waals surface area contributed by atoms with Gasteiger partial charge in [0.25, 0.3) is 0 Å². The van der Waals surface area contributed by atoms with E-state index in [1.165, 1.54) is 5.69 Å². The summed E-state index contributed by atoms with van der Waals surface area (Å²) in [6.45, 7) is 7.97. The summed E-state index contributed by atoms with van der Waals surface area (Å²) in [4.78, 5) is 30.0. The standard InChI is InChI=1S/C19H29N3O3/c1-18(2,3)22-13-20-11-15(22)14-5-4-8-21(12-14)16(23)9-19(6-7-19)10-17(24)25/h11,13-14H,4-10,12H2,1-3H3,(H,24,25). The van der Waals surface area contributed by atoms with Gasteiger partial charge in [-0.15, -0.1) is 0 Å². The van der Waals surface area contributed by atoms with Gasteiger partial charge in [0.1, 0.15) is 0 Å². The molecule has 25 heavy (non-hydrogen) atoms. The molecule has 1 saturated heterocycles. The Balaban J connectivity index is 1.67. The topological polar surface area (TPSA) is 75.4 Å². The van der Waals surface area contributed by atoms with Crippen LogP contribution in [0.15, 0.2) is 12.5 Å². The Morgan fingerprint density at radius 2 is 2.04 bits per heavy atom. The van der Waals surface area contributed by atoms with Crippen LogP contribution in [0, 0.1) is 5.41 Å². The Kier molecular flexibility index (Phi) is 4.64. The quantitative estimate of drug-likeness (QED) is 0.888. The van der Waals surface area contributed by atoms with Crippen molar-refractivity contribution in [1.29, 1.82) is 0 Å². The van der Waals surface area contributed by atoms with E-state index in [0.717, 1.165) is 32.2 Å². The maximum absolute atomic E-state index is 12.7. The van der Waals surface area contributed by atoms with Crippen LogP contribution in [0.5, 0.6) is 0 Å². The lowest BCUT2D eigenvalue weighted by Crippen LogP contribution is -2.41. The number of aromatic nitrogens is 2. The molecule has 1 N–H and O–H groups in total. The number of hydrogen-bond acceptors (Lipinski definition) is 3. The molecule has 1 aromatic rings. The third kappa shape index (κ3) is 4.05. The monoisotopic (exact) mass is 347 g/mol. The highest BCUT2D eigenvalue weighted by molar-refractivity contribution is 5.79. The minimum Gasteiger partial charge on any atom is -0.481 e. The van der Waals surface area contributed by atoms with E-state index in [2.05, 4.69) is 30.3 Å². The van der Waals surface area contributed by atoms with E-state index >= 15 is 0 Å². The maximum Gasteiger partial charge on any atom is 0.303 e. The number of carboxylic acids is 1. The molecule has 0 radical (unpaired) electrons. The first-order valence-corrected chi connectivity index (χ1v) is 9.22. The van der Waals surface area contributed by atoms with Gasteiger partial charge in [-0.2, -0.15) is 0 Å². The second-order valence-corrected chi connectivity index (χ2v) is 8.79. The molecule has 1 aromatic heterocycles. The highest BCUT2D eigenvalue weighted by atomic mass is 16.4. The largest absolute Gasteiger partial charge is 0.481 e. The van der Waals surface area contributed by atoms with Gasteiger partial charge in [0, 0.05) is 42.9 Å². The second kappa shape index (κ2) is 6.46. The van der Waals surface area contributed by atoms with E-state index in [9.17, 15) is 9.59 Å². The Labute approximate surface area is 149 Å². The van der Waals surface area contributed by atoms with Crippen molar-refractivity contribution in [2.45, 2.75) is 70.8 Å². The predicted molar refractivity (Wildman–Crippen MR) is 94.3 cm³/mol. The van der Waals surface area contributed by atoms with Gasteiger partial charge >= 0.3 is 5.97 Å². The third-order valence-corrected chi connectivity index (χ3v) is 5.59. The first kappa shape index (κ1) is 18.0. The average molecular weight is 347 g/mol. The number of carbonyl (C=O) groups excluding carboxylic acids is 1. The number of nitrogens with zero attached hydrogens (tertiary/aromatic N) is 3. The van der Waals surface area contributed by atoms with Gasteiger partial charge in [-0.3, -0.25) is 9.59 Å². The lowest BCUT2D eigenvalue weighted by atomic mass is 9.92. The fourth-order valence-electron chi connectivity index (χ4n) is 3.96. The van der Waals surface area contributed by atoms with Crippen LogP contribution in [0.3, 0.4) is 0 Å². The molecule has 0 aromatic carbocycles. The fraction of sp³-hybridized carbons (Fsp3) is 0.737. The minimum absolute atomic E-state index is 0.0301. The lowest BCUT2D eigenvalue weighted by Gasteiger charge is -2.35. The van der Waals surface area contributed by atoms with E-state index in [-0.39, 0.29) is 23.3 Å². The first-order valence-electron chi connectivity index (χ1n) is 9.22. The highest BCUT2D eigenvalue weighted by Crippen LogP contribution is 2.52. The van der Waals surface area contributed by atoms with E-state index in [4.69, 9.17) is 5.11 Å². The fourth-order valence-corrected chi connectivity index (χ4v) is 3.96. The molecular formula is C19H29N3O3. The molecule has 2 heterocycles. The number of rotatable bonds is 5. The number of likely N-dealkylation sites (tertiary alicyclic amines) is 1. The predicted octanol–water partition coefficient (Wildman–Crippen LogP) is 2.99. The zero-order chi connectivity index (χ0) is 18.2. The summed E-state index contributed by atoms with van der Waals surface area (Å²) < 4.78 is 2.21. The molecule has 0 spiro atoms. The number of hydrogen-bond donors (Lipinski definition) is 1. The van der Waals surface area contributed by atoms with Gasteiger partial charge in [-0.25, -0.2) is 4.98 Å². The van der Waals surface area contributed by atoms with E-state index < -0.39 is 5.97 Å². The number of piperidine rings is 1. The van der Waals surface area contributed by atoms with Crippen LogP contribution >= 0.6 is 0 Å². The van der Waals surface area contributed by atoms with Crippen LogP contribution in [0.25, 0.3) is 0 Å². The van der Waals surface area contributed by atoms with Crippen LogP contribution in [0.4, 0.5) is 0 Å². The van der Waals surface area contributed by atoms with Crippen molar-refractivity contribution in [2.24, 2.45) is 5.41 Å². The molecule has 1 aliphatic heterocycles. The van der Waals surface area contributed by atoms with Crippen LogP contribution < -0.4 is 0 Å². The Hall–Kier alpha value is -1.85. The number of carboxylic acid groups (broad SMARTS) is 1. The molecular weight excluding hydrogens is 318 g/mol. The van der Waals surface area contributed by atoms with Crippen molar-refractivity contribution < 1.29 is 14.7 Å². The van der Waals surface area contributed by atoms with Crippen molar-refractivity contribution in [3.05, 3.63) is 18.2 Å². The average Bonchev–Trinajstić information content (AvgIpc) is 3.08. The van der Waals surface area contributed by atoms with Crippen LogP contribution in [0.1, 0.15) is 70.9 Å². The summed E-state index contributed by atoms with van der Waals surface area (Å²) in [5.74, 6) is -0.379. The van der Waals surface area contributed by atoms with Crippen molar-refractivity contribution in [1.82, 2.24) is 14.5 Å². The zero-order valence-electron chi connectivity index (χ0n) is 15.5. The Morgan fingerprint density at radius 3 is 2.64 bits per heavy atom. The molecule has 1 aliphatic carbocycles. The molecule has 3 rings (SSSR count). The molecule has 0 bridgehead atoms. The number of imidazole rings is 1. The first-order chi connectivity index (χ1) is 11.7. The number of carbonyl (C=O) groups is 2. The number of aliphatic carboxylic acids is 1. The molecule has 6 nitrogen and oxygen atoms in total. The molecule has 2 fully saturated rings. The van der Waals surface area contributed by atoms with Gasteiger partial charge in [-0.1, -0.05) is 0 Å². The van der Waals surface area contributed by atoms with E-state index in [1.807, 2.05) is 17.4 Å². The molecule has 1 unspecified atom stereocenters. The SMILES string of the molecule is CC(C)(C)n1cncc1C1CCCN(C(=O)CC2(CC(=O)O)CC2)C1. The van der Waals surface area contributed by atoms with Gasteiger partial charge in [-0.05, 0) is 51.9 Å².